The first-order valence-electron chi connectivity index (χ1n) is 9.47. The van der Waals surface area contributed by atoms with Crippen molar-refractivity contribution < 1.29 is 13.2 Å². The van der Waals surface area contributed by atoms with Gasteiger partial charge < -0.3 is 5.32 Å². The molecule has 3 aromatic rings. The summed E-state index contributed by atoms with van der Waals surface area (Å²) in [6, 6.07) is 21.2. The zero-order valence-electron chi connectivity index (χ0n) is 17.0. The number of carbonyl (C=O) groups is 1. The van der Waals surface area contributed by atoms with Gasteiger partial charge in [-0.3, -0.25) is 9.52 Å². The zero-order valence-corrected chi connectivity index (χ0v) is 18.7. The molecule has 156 valence electrons. The first-order valence-corrected chi connectivity index (χ1v) is 11.8. The maximum Gasteiger partial charge on any atom is 0.261 e. The number of thioether (sulfide) groups is 1. The van der Waals surface area contributed by atoms with Gasteiger partial charge in [0.2, 0.25) is 5.91 Å². The molecule has 0 aromatic heterocycles. The third kappa shape index (κ3) is 5.64. The molecule has 7 heteroatoms. The van der Waals surface area contributed by atoms with E-state index in [4.69, 9.17) is 0 Å². The van der Waals surface area contributed by atoms with E-state index >= 15 is 0 Å². The van der Waals surface area contributed by atoms with Gasteiger partial charge in [0.25, 0.3) is 10.0 Å². The topological polar surface area (TPSA) is 75.3 Å². The van der Waals surface area contributed by atoms with Gasteiger partial charge in [0.1, 0.15) is 0 Å². The van der Waals surface area contributed by atoms with Crippen LogP contribution in [0.25, 0.3) is 0 Å². The normalized spacial score (nSPS) is 12.2. The van der Waals surface area contributed by atoms with Crippen LogP contribution in [0, 0.1) is 13.8 Å². The Hall–Kier alpha value is -2.77. The first-order chi connectivity index (χ1) is 14.2. The zero-order chi connectivity index (χ0) is 21.7. The van der Waals surface area contributed by atoms with E-state index < -0.39 is 10.0 Å². The van der Waals surface area contributed by atoms with Crippen molar-refractivity contribution in [3.05, 3.63) is 83.9 Å². The van der Waals surface area contributed by atoms with Crippen LogP contribution >= 0.6 is 11.8 Å². The SMILES string of the molecule is Cc1ccc(C)c(NC(=O)C(C)Sc2ccc(NS(=O)(=O)c3ccccc3)cc2)c1. The van der Waals surface area contributed by atoms with Gasteiger partial charge >= 0.3 is 0 Å². The molecule has 0 saturated heterocycles. The third-order valence-electron chi connectivity index (χ3n) is 4.49. The van der Waals surface area contributed by atoms with Crippen LogP contribution < -0.4 is 10.0 Å². The monoisotopic (exact) mass is 440 g/mol. The van der Waals surface area contributed by atoms with E-state index in [1.54, 1.807) is 54.6 Å². The fraction of sp³-hybridized carbons (Fsp3) is 0.174. The van der Waals surface area contributed by atoms with E-state index in [9.17, 15) is 13.2 Å². The third-order valence-corrected chi connectivity index (χ3v) is 7.00. The van der Waals surface area contributed by atoms with Crippen LogP contribution in [-0.4, -0.2) is 19.6 Å². The van der Waals surface area contributed by atoms with E-state index in [2.05, 4.69) is 10.0 Å². The maximum atomic E-state index is 12.6. The van der Waals surface area contributed by atoms with Crippen molar-refractivity contribution in [1.29, 1.82) is 0 Å². The van der Waals surface area contributed by atoms with Gasteiger partial charge in [-0.25, -0.2) is 8.42 Å². The quantitative estimate of drug-likeness (QED) is 0.494. The average Bonchev–Trinajstić information content (AvgIpc) is 2.72. The van der Waals surface area contributed by atoms with Gasteiger partial charge in [-0.2, -0.15) is 0 Å². The second kappa shape index (κ2) is 9.36. The maximum absolute atomic E-state index is 12.6. The molecule has 0 aliphatic heterocycles. The summed E-state index contributed by atoms with van der Waals surface area (Å²) >= 11 is 1.41. The summed E-state index contributed by atoms with van der Waals surface area (Å²) < 4.78 is 27.4. The lowest BCUT2D eigenvalue weighted by atomic mass is 10.1. The standard InChI is InChI=1S/C23H24N2O3S2/c1-16-9-10-17(2)22(15-16)24-23(26)18(3)29-20-13-11-19(12-14-20)25-30(27,28)21-7-5-4-6-8-21/h4-15,18,25H,1-3H3,(H,24,26). The highest BCUT2D eigenvalue weighted by Gasteiger charge is 2.17. The highest BCUT2D eigenvalue weighted by molar-refractivity contribution is 8.00. The molecule has 3 rings (SSSR count). The molecule has 5 nitrogen and oxygen atoms in total. The Morgan fingerprint density at radius 3 is 2.27 bits per heavy atom. The Balaban J connectivity index is 1.62. The largest absolute Gasteiger partial charge is 0.325 e. The smallest absolute Gasteiger partial charge is 0.261 e. The highest BCUT2D eigenvalue weighted by Crippen LogP contribution is 2.27. The number of benzene rings is 3. The lowest BCUT2D eigenvalue weighted by Crippen LogP contribution is -2.22. The first kappa shape index (κ1) is 21.9. The molecular weight excluding hydrogens is 416 g/mol. The minimum Gasteiger partial charge on any atom is -0.325 e. The summed E-state index contributed by atoms with van der Waals surface area (Å²) in [5, 5.41) is 2.67. The molecule has 3 aromatic carbocycles. The second-order valence-corrected chi connectivity index (χ2v) is 10.1. The van der Waals surface area contributed by atoms with Crippen LogP contribution in [0.15, 0.2) is 82.6 Å². The van der Waals surface area contributed by atoms with E-state index in [1.807, 2.05) is 39.0 Å². The number of carbonyl (C=O) groups excluding carboxylic acids is 1. The molecule has 2 N–H and O–H groups in total. The molecule has 0 saturated carbocycles. The van der Waals surface area contributed by atoms with Crippen molar-refractivity contribution in [1.82, 2.24) is 0 Å². The summed E-state index contributed by atoms with van der Waals surface area (Å²) in [4.78, 5) is 13.7. The van der Waals surface area contributed by atoms with Crippen LogP contribution in [0.5, 0.6) is 0 Å². The molecule has 1 amide bonds. The summed E-state index contributed by atoms with van der Waals surface area (Å²) in [5.74, 6) is -0.0810. The van der Waals surface area contributed by atoms with Crippen molar-refractivity contribution in [2.75, 3.05) is 10.0 Å². The molecule has 1 unspecified atom stereocenters. The van der Waals surface area contributed by atoms with Gasteiger partial charge in [-0.15, -0.1) is 11.8 Å². The van der Waals surface area contributed by atoms with E-state index in [-0.39, 0.29) is 16.1 Å². The van der Waals surface area contributed by atoms with Gasteiger partial charge in [-0.05, 0) is 74.4 Å². The number of hydrogen-bond acceptors (Lipinski definition) is 4. The second-order valence-electron chi connectivity index (χ2n) is 7.01. The lowest BCUT2D eigenvalue weighted by molar-refractivity contribution is -0.115. The highest BCUT2D eigenvalue weighted by atomic mass is 32.2. The van der Waals surface area contributed by atoms with E-state index in [0.717, 1.165) is 21.7 Å². The van der Waals surface area contributed by atoms with Crippen LogP contribution in [0.2, 0.25) is 0 Å². The van der Waals surface area contributed by atoms with Gasteiger partial charge in [0.05, 0.1) is 10.1 Å². The van der Waals surface area contributed by atoms with E-state index in [1.165, 1.54) is 11.8 Å². The summed E-state index contributed by atoms with van der Waals surface area (Å²) in [6.45, 7) is 5.79. The molecule has 0 bridgehead atoms. The lowest BCUT2D eigenvalue weighted by Gasteiger charge is -2.14. The number of anilines is 2. The summed E-state index contributed by atoms with van der Waals surface area (Å²) in [7, 11) is -3.63. The fourth-order valence-corrected chi connectivity index (χ4v) is 4.72. The van der Waals surface area contributed by atoms with Crippen LogP contribution in [0.1, 0.15) is 18.1 Å². The minimum absolute atomic E-state index is 0.0810. The molecule has 0 aliphatic carbocycles. The Labute approximate surface area is 182 Å². The number of nitrogens with one attached hydrogen (secondary N) is 2. The Bertz CT molecular complexity index is 1130. The van der Waals surface area contributed by atoms with E-state index in [0.29, 0.717) is 5.69 Å². The number of rotatable bonds is 7. The number of sulfonamides is 1. The molecule has 0 radical (unpaired) electrons. The predicted octanol–water partition coefficient (Wildman–Crippen LogP) is 5.22. The van der Waals surface area contributed by atoms with Gasteiger partial charge in [0, 0.05) is 16.3 Å². The van der Waals surface area contributed by atoms with Crippen LogP contribution in [-0.2, 0) is 14.8 Å². The summed E-state index contributed by atoms with van der Waals surface area (Å²) in [5.41, 5.74) is 3.39. The molecule has 1 atom stereocenters. The van der Waals surface area contributed by atoms with Gasteiger partial charge in [-0.1, -0.05) is 30.3 Å². The van der Waals surface area contributed by atoms with Crippen molar-refractivity contribution in [3.63, 3.8) is 0 Å². The Morgan fingerprint density at radius 1 is 0.933 bits per heavy atom. The molecular formula is C23H24N2O3S2. The fourth-order valence-electron chi connectivity index (χ4n) is 2.78. The molecule has 0 spiro atoms. The van der Waals surface area contributed by atoms with Crippen molar-refractivity contribution in [2.45, 2.75) is 35.8 Å². The Kier molecular flexibility index (Phi) is 6.84. The molecule has 30 heavy (non-hydrogen) atoms. The van der Waals surface area contributed by atoms with Crippen molar-refractivity contribution in [2.24, 2.45) is 0 Å². The minimum atomic E-state index is -3.63. The molecule has 0 heterocycles. The molecule has 0 aliphatic rings. The average molecular weight is 441 g/mol. The van der Waals surface area contributed by atoms with Crippen LogP contribution in [0.4, 0.5) is 11.4 Å². The summed E-state index contributed by atoms with van der Waals surface area (Å²) in [6.07, 6.45) is 0. The van der Waals surface area contributed by atoms with Crippen molar-refractivity contribution >= 4 is 39.1 Å². The number of amides is 1. The van der Waals surface area contributed by atoms with Crippen molar-refractivity contribution in [3.8, 4) is 0 Å². The van der Waals surface area contributed by atoms with Gasteiger partial charge in [0.15, 0.2) is 0 Å². The Morgan fingerprint density at radius 2 is 1.60 bits per heavy atom. The molecule has 0 fully saturated rings. The van der Waals surface area contributed by atoms with Crippen LogP contribution in [0.3, 0.4) is 0 Å². The number of hydrogen-bond donors (Lipinski definition) is 2. The predicted molar refractivity (Wildman–Crippen MR) is 124 cm³/mol. The number of aryl methyl sites for hydroxylation is 2.